The van der Waals surface area contributed by atoms with E-state index in [1.54, 1.807) is 22.7 Å². The Morgan fingerprint density at radius 3 is 2.44 bits per heavy atom. The molecule has 2 aliphatic rings. The summed E-state index contributed by atoms with van der Waals surface area (Å²) in [7, 11) is 0. The fourth-order valence-corrected chi connectivity index (χ4v) is 6.38. The molecule has 1 saturated heterocycles. The number of hydrogen-bond acceptors (Lipinski definition) is 6. The Bertz CT molecular complexity index is 919. The lowest BCUT2D eigenvalue weighted by Crippen LogP contribution is -2.47. The van der Waals surface area contributed by atoms with Gasteiger partial charge >= 0.3 is 0 Å². The van der Waals surface area contributed by atoms with Crippen molar-refractivity contribution in [1.29, 1.82) is 0 Å². The van der Waals surface area contributed by atoms with Crippen molar-refractivity contribution < 1.29 is 9.59 Å². The van der Waals surface area contributed by atoms with Crippen LogP contribution in [0.1, 0.15) is 48.6 Å². The summed E-state index contributed by atoms with van der Waals surface area (Å²) in [4.78, 5) is 35.0. The molecule has 1 fully saturated rings. The quantitative estimate of drug-likeness (QED) is 0.723. The second-order valence-electron chi connectivity index (χ2n) is 9.76. The second kappa shape index (κ2) is 10.0. The van der Waals surface area contributed by atoms with Crippen molar-refractivity contribution in [3.05, 3.63) is 44.3 Å². The monoisotopic (exact) mass is 474 g/mol. The van der Waals surface area contributed by atoms with Gasteiger partial charge in [0.05, 0.1) is 19.1 Å². The average molecular weight is 475 g/mol. The van der Waals surface area contributed by atoms with Gasteiger partial charge in [-0.05, 0) is 75.2 Å². The molecule has 0 radical (unpaired) electrons. The van der Waals surface area contributed by atoms with E-state index in [-0.39, 0.29) is 23.4 Å². The minimum Gasteiger partial charge on any atom is -0.350 e. The van der Waals surface area contributed by atoms with E-state index >= 15 is 0 Å². The van der Waals surface area contributed by atoms with Crippen LogP contribution >= 0.6 is 22.7 Å². The molecule has 4 rings (SSSR count). The standard InChI is InChI=1S/C24H34N4O2S2/c1-24(2,3)25-21(29)16-26-9-5-10-27(13-12-26)17-22(30)28-11-7-19-18(8-15-32-19)23(28)20-6-4-14-31-20/h4,6,8,14-15,23H,5,7,9-13,16-17H2,1-3H3,(H,25,29). The molecule has 1 N–H and O–H groups in total. The number of hydrogen-bond donors (Lipinski definition) is 1. The SMILES string of the molecule is CC(C)(C)NC(=O)CN1CCCN(CC(=O)N2CCc3sccc3C2c2cccs2)CC1. The molecule has 0 spiro atoms. The zero-order valence-corrected chi connectivity index (χ0v) is 20.9. The molecular formula is C24H34N4O2S2. The highest BCUT2D eigenvalue weighted by molar-refractivity contribution is 7.10. The van der Waals surface area contributed by atoms with E-state index in [0.29, 0.717) is 13.1 Å². The van der Waals surface area contributed by atoms with Crippen LogP contribution in [0.15, 0.2) is 29.0 Å². The van der Waals surface area contributed by atoms with Gasteiger partial charge in [0.15, 0.2) is 0 Å². The zero-order chi connectivity index (χ0) is 22.7. The Balaban J connectivity index is 1.36. The maximum Gasteiger partial charge on any atom is 0.237 e. The molecule has 6 nitrogen and oxygen atoms in total. The first-order valence-electron chi connectivity index (χ1n) is 11.4. The third-order valence-electron chi connectivity index (χ3n) is 6.02. The lowest BCUT2D eigenvalue weighted by Gasteiger charge is -2.36. The molecule has 0 aliphatic carbocycles. The van der Waals surface area contributed by atoms with Crippen LogP contribution in [-0.4, -0.2) is 77.9 Å². The number of thiophene rings is 2. The van der Waals surface area contributed by atoms with Gasteiger partial charge in [-0.25, -0.2) is 0 Å². The maximum absolute atomic E-state index is 13.4. The number of nitrogens with one attached hydrogen (secondary N) is 1. The van der Waals surface area contributed by atoms with E-state index in [0.717, 1.165) is 45.6 Å². The molecule has 4 heterocycles. The highest BCUT2D eigenvalue weighted by Crippen LogP contribution is 2.39. The molecule has 2 aliphatic heterocycles. The Morgan fingerprint density at radius 1 is 1.00 bits per heavy atom. The van der Waals surface area contributed by atoms with Gasteiger partial charge in [-0.1, -0.05) is 6.07 Å². The van der Waals surface area contributed by atoms with Gasteiger partial charge in [-0.2, -0.15) is 0 Å². The van der Waals surface area contributed by atoms with E-state index in [9.17, 15) is 9.59 Å². The van der Waals surface area contributed by atoms with Crippen molar-refractivity contribution in [1.82, 2.24) is 20.0 Å². The minimum atomic E-state index is -0.211. The molecule has 2 aromatic heterocycles. The summed E-state index contributed by atoms with van der Waals surface area (Å²) in [6.45, 7) is 11.1. The molecule has 174 valence electrons. The van der Waals surface area contributed by atoms with Crippen LogP contribution < -0.4 is 5.32 Å². The Morgan fingerprint density at radius 2 is 1.75 bits per heavy atom. The molecule has 8 heteroatoms. The number of rotatable bonds is 5. The smallest absolute Gasteiger partial charge is 0.237 e. The number of carbonyl (C=O) groups is 2. The number of fused-ring (bicyclic) bond motifs is 1. The fraction of sp³-hybridized carbons (Fsp3) is 0.583. The van der Waals surface area contributed by atoms with Crippen molar-refractivity contribution in [2.45, 2.75) is 45.2 Å². The summed E-state index contributed by atoms with van der Waals surface area (Å²) < 4.78 is 0. The first-order valence-corrected chi connectivity index (χ1v) is 13.2. The predicted molar refractivity (Wildman–Crippen MR) is 131 cm³/mol. The Hall–Kier alpha value is -1.74. The summed E-state index contributed by atoms with van der Waals surface area (Å²) in [5.41, 5.74) is 1.08. The van der Waals surface area contributed by atoms with Crippen LogP contribution in [0.2, 0.25) is 0 Å². The predicted octanol–water partition coefficient (Wildman–Crippen LogP) is 3.21. The van der Waals surface area contributed by atoms with Crippen LogP contribution in [0, 0.1) is 0 Å². The van der Waals surface area contributed by atoms with E-state index in [2.05, 4.69) is 49.0 Å². The van der Waals surface area contributed by atoms with Crippen molar-refractivity contribution in [3.63, 3.8) is 0 Å². The first-order chi connectivity index (χ1) is 15.3. The molecule has 1 atom stereocenters. The van der Waals surface area contributed by atoms with E-state index in [4.69, 9.17) is 0 Å². The van der Waals surface area contributed by atoms with Crippen LogP contribution in [0.3, 0.4) is 0 Å². The molecular weight excluding hydrogens is 440 g/mol. The highest BCUT2D eigenvalue weighted by Gasteiger charge is 2.34. The fourth-order valence-electron chi connectivity index (χ4n) is 4.62. The lowest BCUT2D eigenvalue weighted by atomic mass is 9.98. The van der Waals surface area contributed by atoms with Crippen molar-refractivity contribution >= 4 is 34.5 Å². The topological polar surface area (TPSA) is 55.9 Å². The van der Waals surface area contributed by atoms with Crippen LogP contribution in [0.25, 0.3) is 0 Å². The number of nitrogens with zero attached hydrogens (tertiary/aromatic N) is 3. The largest absolute Gasteiger partial charge is 0.350 e. The van der Waals surface area contributed by atoms with Gasteiger partial charge in [0.1, 0.15) is 0 Å². The van der Waals surface area contributed by atoms with Gasteiger partial charge in [0.2, 0.25) is 11.8 Å². The highest BCUT2D eigenvalue weighted by atomic mass is 32.1. The van der Waals surface area contributed by atoms with Gasteiger partial charge < -0.3 is 10.2 Å². The summed E-state index contributed by atoms with van der Waals surface area (Å²) in [6, 6.07) is 6.45. The molecule has 32 heavy (non-hydrogen) atoms. The molecule has 2 aromatic rings. The van der Waals surface area contributed by atoms with Gasteiger partial charge in [0, 0.05) is 34.9 Å². The molecule has 1 unspecified atom stereocenters. The summed E-state index contributed by atoms with van der Waals surface area (Å²) in [6.07, 6.45) is 1.91. The third-order valence-corrected chi connectivity index (χ3v) is 7.94. The summed E-state index contributed by atoms with van der Waals surface area (Å²) >= 11 is 3.53. The average Bonchev–Trinajstić information content (AvgIpc) is 3.37. The number of carbonyl (C=O) groups excluding carboxylic acids is 2. The summed E-state index contributed by atoms with van der Waals surface area (Å²) in [5.74, 6) is 0.278. The Kier molecular flexibility index (Phi) is 7.34. The molecule has 2 amide bonds. The number of amides is 2. The Labute approximate surface area is 199 Å². The van der Waals surface area contributed by atoms with E-state index < -0.39 is 0 Å². The minimum absolute atomic E-state index is 0.0436. The van der Waals surface area contributed by atoms with Gasteiger partial charge in [0.25, 0.3) is 0 Å². The molecule has 0 bridgehead atoms. The molecule has 0 aromatic carbocycles. The van der Waals surface area contributed by atoms with Crippen molar-refractivity contribution in [2.75, 3.05) is 45.8 Å². The van der Waals surface area contributed by atoms with Crippen LogP contribution in [-0.2, 0) is 16.0 Å². The second-order valence-corrected chi connectivity index (χ2v) is 11.7. The maximum atomic E-state index is 13.4. The van der Waals surface area contributed by atoms with E-state index in [1.165, 1.54) is 15.3 Å². The zero-order valence-electron chi connectivity index (χ0n) is 19.3. The van der Waals surface area contributed by atoms with Crippen LogP contribution in [0.4, 0.5) is 0 Å². The van der Waals surface area contributed by atoms with Gasteiger partial charge in [-0.15, -0.1) is 22.7 Å². The normalized spacial score (nSPS) is 20.6. The third kappa shape index (κ3) is 5.78. The van der Waals surface area contributed by atoms with E-state index in [1.807, 2.05) is 20.8 Å². The van der Waals surface area contributed by atoms with Crippen LogP contribution in [0.5, 0.6) is 0 Å². The first kappa shape index (κ1) is 23.4. The van der Waals surface area contributed by atoms with Crippen molar-refractivity contribution in [2.24, 2.45) is 0 Å². The van der Waals surface area contributed by atoms with Crippen molar-refractivity contribution in [3.8, 4) is 0 Å². The summed E-state index contributed by atoms with van der Waals surface area (Å²) in [5, 5.41) is 7.29. The van der Waals surface area contributed by atoms with Gasteiger partial charge in [-0.3, -0.25) is 19.4 Å². The lowest BCUT2D eigenvalue weighted by molar-refractivity contribution is -0.134. The molecule has 0 saturated carbocycles.